The average molecular weight is 307 g/mol. The second-order valence-electron chi connectivity index (χ2n) is 3.54. The van der Waals surface area contributed by atoms with Gasteiger partial charge in [0.2, 0.25) is 0 Å². The molecule has 0 aliphatic rings. The fourth-order valence-corrected chi connectivity index (χ4v) is 2.28. The van der Waals surface area contributed by atoms with Gasteiger partial charge in [-0.1, -0.05) is 34.8 Å². The summed E-state index contributed by atoms with van der Waals surface area (Å²) >= 11 is 18.0. The van der Waals surface area contributed by atoms with Crippen LogP contribution in [-0.2, 0) is 6.61 Å². The highest BCUT2D eigenvalue weighted by molar-refractivity contribution is 6.46. The first kappa shape index (κ1) is 13.6. The van der Waals surface area contributed by atoms with Crippen LogP contribution in [0.4, 0.5) is 4.39 Å². The normalized spacial score (nSPS) is 10.7. The third-order valence-electron chi connectivity index (χ3n) is 2.38. The molecular formula is C12H7Cl3FNO. The molecule has 0 radical (unpaired) electrons. The number of benzene rings is 1. The second-order valence-corrected chi connectivity index (χ2v) is 4.73. The summed E-state index contributed by atoms with van der Waals surface area (Å²) in [6, 6.07) is 4.30. The first-order valence-corrected chi connectivity index (χ1v) is 6.07. The van der Waals surface area contributed by atoms with Crippen LogP contribution in [0.15, 0.2) is 24.4 Å². The molecule has 0 spiro atoms. The van der Waals surface area contributed by atoms with E-state index in [9.17, 15) is 9.50 Å². The number of halogens is 4. The van der Waals surface area contributed by atoms with Crippen LogP contribution in [0, 0.1) is 5.82 Å². The molecule has 0 saturated heterocycles. The molecular weight excluding hydrogens is 299 g/mol. The van der Waals surface area contributed by atoms with E-state index in [-0.39, 0.29) is 11.6 Å². The highest BCUT2D eigenvalue weighted by Crippen LogP contribution is 2.39. The van der Waals surface area contributed by atoms with Crippen molar-refractivity contribution in [3.63, 3.8) is 0 Å². The maximum absolute atomic E-state index is 13.1. The van der Waals surface area contributed by atoms with Crippen molar-refractivity contribution in [2.24, 2.45) is 0 Å². The zero-order chi connectivity index (χ0) is 13.3. The summed E-state index contributed by atoms with van der Waals surface area (Å²) in [5.41, 5.74) is 0.993. The Morgan fingerprint density at radius 2 is 1.83 bits per heavy atom. The number of rotatable bonds is 2. The van der Waals surface area contributed by atoms with E-state index in [1.54, 1.807) is 12.1 Å². The summed E-state index contributed by atoms with van der Waals surface area (Å²) < 4.78 is 13.1. The molecule has 2 nitrogen and oxygen atoms in total. The highest BCUT2D eigenvalue weighted by atomic mass is 35.5. The van der Waals surface area contributed by atoms with Crippen LogP contribution in [0.25, 0.3) is 11.3 Å². The summed E-state index contributed by atoms with van der Waals surface area (Å²) in [4.78, 5) is 3.92. The fourth-order valence-electron chi connectivity index (χ4n) is 1.57. The third-order valence-corrected chi connectivity index (χ3v) is 3.50. The van der Waals surface area contributed by atoms with E-state index in [1.807, 2.05) is 0 Å². The van der Waals surface area contributed by atoms with E-state index in [1.165, 1.54) is 6.07 Å². The van der Waals surface area contributed by atoms with Gasteiger partial charge >= 0.3 is 0 Å². The van der Waals surface area contributed by atoms with Gasteiger partial charge in [-0.2, -0.15) is 0 Å². The fraction of sp³-hybridized carbons (Fsp3) is 0.0833. The van der Waals surface area contributed by atoms with Gasteiger partial charge in [0.05, 0.1) is 33.6 Å². The Kier molecular flexibility index (Phi) is 4.07. The van der Waals surface area contributed by atoms with Gasteiger partial charge in [0.1, 0.15) is 5.82 Å². The maximum Gasteiger partial charge on any atom is 0.141 e. The predicted molar refractivity (Wildman–Crippen MR) is 70.6 cm³/mol. The number of nitrogens with zero attached hydrogens (tertiary/aromatic N) is 1. The average Bonchev–Trinajstić information content (AvgIpc) is 2.36. The Morgan fingerprint density at radius 3 is 2.50 bits per heavy atom. The van der Waals surface area contributed by atoms with Gasteiger partial charge in [0.15, 0.2) is 0 Å². The predicted octanol–water partition coefficient (Wildman–Crippen LogP) is 4.34. The Bertz CT molecular complexity index is 604. The summed E-state index contributed by atoms with van der Waals surface area (Å²) in [7, 11) is 0. The van der Waals surface area contributed by atoms with Crippen molar-refractivity contribution >= 4 is 34.8 Å². The Labute approximate surface area is 118 Å². The monoisotopic (exact) mass is 305 g/mol. The van der Waals surface area contributed by atoms with Gasteiger partial charge in [-0.3, -0.25) is 4.98 Å². The molecule has 0 unspecified atom stereocenters. The lowest BCUT2D eigenvalue weighted by Crippen LogP contribution is -1.96. The van der Waals surface area contributed by atoms with Crippen LogP contribution in [0.1, 0.15) is 5.56 Å². The van der Waals surface area contributed by atoms with Crippen molar-refractivity contribution in [2.75, 3.05) is 0 Å². The van der Waals surface area contributed by atoms with Gasteiger partial charge in [-0.15, -0.1) is 0 Å². The van der Waals surface area contributed by atoms with Gasteiger partial charge in [0.25, 0.3) is 0 Å². The summed E-state index contributed by atoms with van der Waals surface area (Å²) in [5.74, 6) is -0.544. The maximum atomic E-state index is 13.1. The van der Waals surface area contributed by atoms with E-state index in [2.05, 4.69) is 4.98 Å². The molecule has 0 fully saturated rings. The molecule has 1 aromatic heterocycles. The highest BCUT2D eigenvalue weighted by Gasteiger charge is 2.16. The van der Waals surface area contributed by atoms with Crippen LogP contribution < -0.4 is 0 Å². The molecule has 0 amide bonds. The number of aliphatic hydroxyl groups is 1. The number of pyridine rings is 1. The molecule has 0 aliphatic carbocycles. The van der Waals surface area contributed by atoms with Crippen molar-refractivity contribution in [3.05, 3.63) is 50.8 Å². The van der Waals surface area contributed by atoms with Crippen LogP contribution in [-0.4, -0.2) is 10.1 Å². The van der Waals surface area contributed by atoms with E-state index >= 15 is 0 Å². The third kappa shape index (κ3) is 2.45. The zero-order valence-corrected chi connectivity index (χ0v) is 11.2. The van der Waals surface area contributed by atoms with Crippen LogP contribution >= 0.6 is 34.8 Å². The van der Waals surface area contributed by atoms with Gasteiger partial charge in [0, 0.05) is 11.1 Å². The molecule has 0 bridgehead atoms. The van der Waals surface area contributed by atoms with Crippen LogP contribution in [0.3, 0.4) is 0 Å². The van der Waals surface area contributed by atoms with Crippen LogP contribution in [0.2, 0.25) is 15.1 Å². The molecule has 0 saturated carbocycles. The minimum Gasteiger partial charge on any atom is -0.392 e. The molecule has 2 aromatic rings. The molecule has 2 rings (SSSR count). The largest absolute Gasteiger partial charge is 0.392 e. The number of aromatic nitrogens is 1. The van der Waals surface area contributed by atoms with Crippen molar-refractivity contribution in [1.82, 2.24) is 4.98 Å². The number of hydrogen-bond donors (Lipinski definition) is 1. The molecule has 1 N–H and O–H groups in total. The lowest BCUT2D eigenvalue weighted by atomic mass is 10.1. The van der Waals surface area contributed by atoms with Gasteiger partial charge < -0.3 is 5.11 Å². The minimum atomic E-state index is -0.544. The smallest absolute Gasteiger partial charge is 0.141 e. The topological polar surface area (TPSA) is 33.1 Å². The van der Waals surface area contributed by atoms with Gasteiger partial charge in [-0.05, 0) is 18.2 Å². The van der Waals surface area contributed by atoms with E-state index in [0.29, 0.717) is 26.9 Å². The number of aliphatic hydroxyl groups excluding tert-OH is 1. The lowest BCUT2D eigenvalue weighted by Gasteiger charge is -2.11. The molecule has 6 heteroatoms. The molecule has 1 aromatic carbocycles. The molecule has 0 atom stereocenters. The van der Waals surface area contributed by atoms with E-state index in [4.69, 9.17) is 34.8 Å². The first-order chi connectivity index (χ1) is 8.54. The molecule has 0 aliphatic heterocycles. The van der Waals surface area contributed by atoms with Crippen LogP contribution in [0.5, 0.6) is 0 Å². The quantitative estimate of drug-likeness (QED) is 0.837. The Balaban J connectivity index is 2.73. The second kappa shape index (κ2) is 5.41. The zero-order valence-electron chi connectivity index (χ0n) is 8.92. The first-order valence-electron chi connectivity index (χ1n) is 4.93. The van der Waals surface area contributed by atoms with E-state index in [0.717, 1.165) is 6.20 Å². The lowest BCUT2D eigenvalue weighted by molar-refractivity contribution is 0.281. The standard InChI is InChI=1S/C12H7Cl3FNO/c13-8-1-2-9(14)11(15)10(8)12-6(5-18)3-7(16)4-17-12/h1-4,18H,5H2. The Hall–Kier alpha value is -0.870. The molecule has 94 valence electrons. The van der Waals surface area contributed by atoms with Crippen molar-refractivity contribution < 1.29 is 9.50 Å². The van der Waals surface area contributed by atoms with Crippen molar-refractivity contribution in [2.45, 2.75) is 6.61 Å². The summed E-state index contributed by atoms with van der Waals surface area (Å²) in [6.07, 6.45) is 1.03. The summed E-state index contributed by atoms with van der Waals surface area (Å²) in [5, 5.41) is 10.1. The van der Waals surface area contributed by atoms with E-state index < -0.39 is 5.82 Å². The SMILES string of the molecule is OCc1cc(F)cnc1-c1c(Cl)ccc(Cl)c1Cl. The van der Waals surface area contributed by atoms with Crippen molar-refractivity contribution in [1.29, 1.82) is 0 Å². The molecule has 18 heavy (non-hydrogen) atoms. The Morgan fingerprint density at radius 1 is 1.17 bits per heavy atom. The summed E-state index contributed by atoms with van der Waals surface area (Å²) in [6.45, 7) is -0.376. The van der Waals surface area contributed by atoms with Crippen molar-refractivity contribution in [3.8, 4) is 11.3 Å². The van der Waals surface area contributed by atoms with Gasteiger partial charge in [-0.25, -0.2) is 4.39 Å². The minimum absolute atomic E-state index is 0.220. The molecule has 1 heterocycles. The number of hydrogen-bond acceptors (Lipinski definition) is 2.